The molecule has 1 aliphatic heterocycles. The molecule has 1 aromatic heterocycles. The molecule has 3 rings (SSSR count). The average molecular weight is 272 g/mol. The van der Waals surface area contributed by atoms with Crippen molar-refractivity contribution in [2.24, 2.45) is 0 Å². The van der Waals surface area contributed by atoms with Gasteiger partial charge in [0.2, 0.25) is 0 Å². The van der Waals surface area contributed by atoms with Crippen LogP contribution in [0.25, 0.3) is 0 Å². The predicted octanol–water partition coefficient (Wildman–Crippen LogP) is 1.28. The van der Waals surface area contributed by atoms with Gasteiger partial charge in [0.15, 0.2) is 11.9 Å². The third-order valence-electron chi connectivity index (χ3n) is 3.32. The Morgan fingerprint density at radius 1 is 1.50 bits per heavy atom. The number of nitrogens with one attached hydrogen (secondary N) is 1. The molecule has 1 aliphatic rings. The first-order chi connectivity index (χ1) is 9.78. The summed E-state index contributed by atoms with van der Waals surface area (Å²) in [5.41, 5.74) is 0.924. The standard InChI is InChI=1S/C14H16N4O2/c1-2-18-14(16-9-17-18)7-11(19)13-8-15-10-5-3-4-6-12(10)20-13/h3-6,9,13,15H,2,7-8H2,1H3. The van der Waals surface area contributed by atoms with Crippen molar-refractivity contribution in [2.75, 3.05) is 11.9 Å². The molecular formula is C14H16N4O2. The third kappa shape index (κ3) is 2.36. The van der Waals surface area contributed by atoms with Crippen molar-refractivity contribution >= 4 is 11.5 Å². The Kier molecular flexibility index (Phi) is 3.37. The number of hydrogen-bond donors (Lipinski definition) is 1. The summed E-state index contributed by atoms with van der Waals surface area (Å²) in [6.07, 6.45) is 1.23. The lowest BCUT2D eigenvalue weighted by Crippen LogP contribution is -2.39. The van der Waals surface area contributed by atoms with E-state index in [2.05, 4.69) is 15.4 Å². The first kappa shape index (κ1) is 12.7. The zero-order valence-corrected chi connectivity index (χ0v) is 11.2. The number of anilines is 1. The number of aryl methyl sites for hydroxylation is 1. The van der Waals surface area contributed by atoms with Gasteiger partial charge in [0.1, 0.15) is 17.9 Å². The average Bonchev–Trinajstić information content (AvgIpc) is 2.94. The summed E-state index contributed by atoms with van der Waals surface area (Å²) in [5.74, 6) is 1.41. The molecule has 104 valence electrons. The molecule has 0 bridgehead atoms. The molecular weight excluding hydrogens is 256 g/mol. The van der Waals surface area contributed by atoms with E-state index >= 15 is 0 Å². The van der Waals surface area contributed by atoms with Crippen molar-refractivity contribution in [3.05, 3.63) is 36.4 Å². The summed E-state index contributed by atoms with van der Waals surface area (Å²) >= 11 is 0. The van der Waals surface area contributed by atoms with Crippen LogP contribution in [0.2, 0.25) is 0 Å². The van der Waals surface area contributed by atoms with Gasteiger partial charge in [-0.2, -0.15) is 5.10 Å². The number of carbonyl (C=O) groups is 1. The molecule has 2 aromatic rings. The maximum Gasteiger partial charge on any atom is 0.182 e. The second-order valence-corrected chi connectivity index (χ2v) is 4.62. The number of ketones is 1. The zero-order chi connectivity index (χ0) is 13.9. The van der Waals surface area contributed by atoms with E-state index in [0.717, 1.165) is 5.69 Å². The lowest BCUT2D eigenvalue weighted by Gasteiger charge is -2.26. The van der Waals surface area contributed by atoms with Crippen LogP contribution in [0, 0.1) is 0 Å². The lowest BCUT2D eigenvalue weighted by molar-refractivity contribution is -0.124. The largest absolute Gasteiger partial charge is 0.479 e. The Hall–Kier alpha value is -2.37. The van der Waals surface area contributed by atoms with Gasteiger partial charge in [-0.1, -0.05) is 12.1 Å². The number of ether oxygens (including phenoxy) is 1. The van der Waals surface area contributed by atoms with E-state index in [0.29, 0.717) is 24.7 Å². The minimum Gasteiger partial charge on any atom is -0.479 e. The molecule has 0 fully saturated rings. The fourth-order valence-corrected chi connectivity index (χ4v) is 2.25. The van der Waals surface area contributed by atoms with E-state index in [4.69, 9.17) is 4.74 Å². The van der Waals surface area contributed by atoms with E-state index < -0.39 is 6.10 Å². The molecule has 1 atom stereocenters. The Balaban J connectivity index is 1.70. The summed E-state index contributed by atoms with van der Waals surface area (Å²) in [6.45, 7) is 3.16. The first-order valence-corrected chi connectivity index (χ1v) is 6.67. The molecule has 0 saturated carbocycles. The lowest BCUT2D eigenvalue weighted by atomic mass is 10.1. The normalized spacial score (nSPS) is 16.9. The van der Waals surface area contributed by atoms with Gasteiger partial charge in [0.05, 0.1) is 18.7 Å². The minimum absolute atomic E-state index is 0.00898. The molecule has 1 N–H and O–H groups in total. The zero-order valence-electron chi connectivity index (χ0n) is 11.2. The van der Waals surface area contributed by atoms with Gasteiger partial charge in [-0.3, -0.25) is 4.79 Å². The second kappa shape index (κ2) is 5.32. The number of aromatic nitrogens is 3. The number of fused-ring (bicyclic) bond motifs is 1. The van der Waals surface area contributed by atoms with Crippen LogP contribution in [0.4, 0.5) is 5.69 Å². The van der Waals surface area contributed by atoms with Gasteiger partial charge < -0.3 is 10.1 Å². The van der Waals surface area contributed by atoms with Gasteiger partial charge in [-0.05, 0) is 19.1 Å². The van der Waals surface area contributed by atoms with E-state index in [1.165, 1.54) is 6.33 Å². The SMILES string of the molecule is CCn1ncnc1CC(=O)C1CNc2ccccc2O1. The maximum atomic E-state index is 12.3. The Morgan fingerprint density at radius 2 is 2.35 bits per heavy atom. The van der Waals surface area contributed by atoms with E-state index in [-0.39, 0.29) is 12.2 Å². The Labute approximate surface area is 116 Å². The number of carbonyl (C=O) groups excluding carboxylic acids is 1. The molecule has 0 saturated heterocycles. The van der Waals surface area contributed by atoms with Gasteiger partial charge in [0, 0.05) is 6.54 Å². The van der Waals surface area contributed by atoms with Crippen LogP contribution in [-0.4, -0.2) is 33.2 Å². The van der Waals surface area contributed by atoms with E-state index in [1.807, 2.05) is 31.2 Å². The van der Waals surface area contributed by atoms with Gasteiger partial charge in [-0.15, -0.1) is 0 Å². The highest BCUT2D eigenvalue weighted by atomic mass is 16.5. The molecule has 20 heavy (non-hydrogen) atoms. The second-order valence-electron chi connectivity index (χ2n) is 4.62. The van der Waals surface area contributed by atoms with Crippen LogP contribution >= 0.6 is 0 Å². The fourth-order valence-electron chi connectivity index (χ4n) is 2.25. The van der Waals surface area contributed by atoms with Crippen molar-refractivity contribution < 1.29 is 9.53 Å². The first-order valence-electron chi connectivity index (χ1n) is 6.67. The summed E-state index contributed by atoms with van der Waals surface area (Å²) < 4.78 is 7.47. The van der Waals surface area contributed by atoms with E-state index in [1.54, 1.807) is 4.68 Å². The number of hydrogen-bond acceptors (Lipinski definition) is 5. The van der Waals surface area contributed by atoms with Crippen molar-refractivity contribution in [3.63, 3.8) is 0 Å². The summed E-state index contributed by atoms with van der Waals surface area (Å²) in [5, 5.41) is 7.28. The van der Waals surface area contributed by atoms with Crippen molar-refractivity contribution in [1.82, 2.24) is 14.8 Å². The highest BCUT2D eigenvalue weighted by Gasteiger charge is 2.26. The Bertz CT molecular complexity index is 623. The van der Waals surface area contributed by atoms with Crippen molar-refractivity contribution in [2.45, 2.75) is 26.0 Å². The summed E-state index contributed by atoms with van der Waals surface area (Å²) in [6, 6.07) is 7.61. The van der Waals surface area contributed by atoms with Crippen LogP contribution < -0.4 is 10.1 Å². The van der Waals surface area contributed by atoms with Crippen LogP contribution in [0.1, 0.15) is 12.7 Å². The van der Waals surface area contributed by atoms with Crippen LogP contribution in [0.3, 0.4) is 0 Å². The molecule has 6 heteroatoms. The highest BCUT2D eigenvalue weighted by molar-refractivity contribution is 5.86. The number of nitrogens with zero attached hydrogens (tertiary/aromatic N) is 3. The molecule has 1 aromatic carbocycles. The molecule has 0 radical (unpaired) electrons. The maximum absolute atomic E-state index is 12.3. The Morgan fingerprint density at radius 3 is 3.20 bits per heavy atom. The highest BCUT2D eigenvalue weighted by Crippen LogP contribution is 2.28. The third-order valence-corrected chi connectivity index (χ3v) is 3.32. The molecule has 2 heterocycles. The molecule has 0 spiro atoms. The van der Waals surface area contributed by atoms with Gasteiger partial charge in [-0.25, -0.2) is 9.67 Å². The molecule has 0 amide bonds. The quantitative estimate of drug-likeness (QED) is 0.908. The summed E-state index contributed by atoms with van der Waals surface area (Å²) in [7, 11) is 0. The van der Waals surface area contributed by atoms with Gasteiger partial charge >= 0.3 is 0 Å². The van der Waals surface area contributed by atoms with Crippen molar-refractivity contribution in [1.29, 1.82) is 0 Å². The minimum atomic E-state index is -0.480. The molecule has 1 unspecified atom stereocenters. The van der Waals surface area contributed by atoms with Crippen molar-refractivity contribution in [3.8, 4) is 5.75 Å². The van der Waals surface area contributed by atoms with E-state index in [9.17, 15) is 4.79 Å². The smallest absolute Gasteiger partial charge is 0.182 e. The summed E-state index contributed by atoms with van der Waals surface area (Å²) in [4.78, 5) is 16.4. The predicted molar refractivity (Wildman–Crippen MR) is 73.8 cm³/mol. The monoisotopic (exact) mass is 272 g/mol. The van der Waals surface area contributed by atoms with Crippen LogP contribution in [0.15, 0.2) is 30.6 Å². The fraction of sp³-hybridized carbons (Fsp3) is 0.357. The van der Waals surface area contributed by atoms with Crippen LogP contribution in [0.5, 0.6) is 5.75 Å². The number of para-hydroxylation sites is 2. The molecule has 0 aliphatic carbocycles. The topological polar surface area (TPSA) is 69.0 Å². The van der Waals surface area contributed by atoms with Gasteiger partial charge in [0.25, 0.3) is 0 Å². The number of rotatable bonds is 4. The number of benzene rings is 1. The number of Topliss-reactive ketones (excluding diaryl/α,β-unsaturated/α-hetero) is 1. The van der Waals surface area contributed by atoms with Crippen LogP contribution in [-0.2, 0) is 17.8 Å². The molecule has 6 nitrogen and oxygen atoms in total.